The van der Waals surface area contributed by atoms with Crippen molar-refractivity contribution >= 4 is 23.9 Å². The minimum absolute atomic E-state index is 0.104. The zero-order valence-corrected chi connectivity index (χ0v) is 32.6. The fourth-order valence-electron chi connectivity index (χ4n) is 11.3. The maximum atomic E-state index is 12.3. The van der Waals surface area contributed by atoms with E-state index < -0.39 is 54.6 Å². The van der Waals surface area contributed by atoms with Crippen LogP contribution in [0, 0.1) is 46.3 Å². The highest BCUT2D eigenvalue weighted by atomic mass is 16.7. The van der Waals surface area contributed by atoms with E-state index in [9.17, 15) is 19.2 Å². The van der Waals surface area contributed by atoms with Crippen molar-refractivity contribution in [2.75, 3.05) is 6.61 Å². The van der Waals surface area contributed by atoms with Crippen LogP contribution in [0.3, 0.4) is 0 Å². The minimum atomic E-state index is -1.23. The van der Waals surface area contributed by atoms with Crippen LogP contribution in [0.4, 0.5) is 0 Å². The third-order valence-electron chi connectivity index (χ3n) is 13.5. The number of rotatable bonds is 12. The van der Waals surface area contributed by atoms with E-state index in [-0.39, 0.29) is 18.1 Å². The fraction of sp³-hybridized carbons (Fsp3) is 0.854. The average Bonchev–Trinajstić information content (AvgIpc) is 3.39. The Kier molecular flexibility index (Phi) is 12.7. The Labute approximate surface area is 305 Å². The van der Waals surface area contributed by atoms with E-state index in [0.717, 1.165) is 49.4 Å². The zero-order valence-electron chi connectivity index (χ0n) is 32.6. The molecule has 0 aromatic heterocycles. The molecule has 1 saturated heterocycles. The van der Waals surface area contributed by atoms with Gasteiger partial charge in [-0.15, -0.1) is 0 Å². The highest BCUT2D eigenvalue weighted by Crippen LogP contribution is 2.67. The highest BCUT2D eigenvalue weighted by molar-refractivity contribution is 5.68. The molecule has 1 aliphatic heterocycles. The smallest absolute Gasteiger partial charge is 0.303 e. The lowest BCUT2D eigenvalue weighted by atomic mass is 9.47. The molecule has 5 aliphatic rings. The predicted molar refractivity (Wildman–Crippen MR) is 190 cm³/mol. The van der Waals surface area contributed by atoms with Crippen molar-refractivity contribution in [1.82, 2.24) is 0 Å². The molecule has 0 N–H and O–H groups in total. The summed E-state index contributed by atoms with van der Waals surface area (Å²) in [6.07, 6.45) is 9.39. The topological polar surface area (TPSA) is 124 Å². The molecule has 0 amide bonds. The van der Waals surface area contributed by atoms with Crippen LogP contribution < -0.4 is 0 Å². The lowest BCUT2D eigenvalue weighted by Gasteiger charge is -2.58. The molecular weight excluding hydrogens is 652 g/mol. The monoisotopic (exact) mass is 716 g/mol. The summed E-state index contributed by atoms with van der Waals surface area (Å²) in [6, 6.07) is 0. The number of carbonyl (C=O) groups is 4. The van der Waals surface area contributed by atoms with Crippen molar-refractivity contribution in [2.24, 2.45) is 46.3 Å². The second kappa shape index (κ2) is 16.3. The number of esters is 4. The van der Waals surface area contributed by atoms with E-state index in [4.69, 9.17) is 28.4 Å². The van der Waals surface area contributed by atoms with Crippen LogP contribution in [0.2, 0.25) is 0 Å². The van der Waals surface area contributed by atoms with Gasteiger partial charge in [0.25, 0.3) is 0 Å². The first-order valence-corrected chi connectivity index (χ1v) is 19.7. The van der Waals surface area contributed by atoms with Crippen molar-refractivity contribution in [3.05, 3.63) is 11.6 Å². The highest BCUT2D eigenvalue weighted by Gasteiger charge is 2.60. The molecule has 0 bridgehead atoms. The maximum Gasteiger partial charge on any atom is 0.303 e. The lowest BCUT2D eigenvalue weighted by Crippen LogP contribution is -2.63. The molecular formula is C41H64O10. The molecule has 0 radical (unpaired) electrons. The van der Waals surface area contributed by atoms with E-state index in [1.54, 1.807) is 0 Å². The molecule has 5 rings (SSSR count). The molecule has 13 atom stereocenters. The van der Waals surface area contributed by atoms with Crippen molar-refractivity contribution in [2.45, 2.75) is 170 Å². The number of carbonyl (C=O) groups excluding carboxylic acids is 4. The van der Waals surface area contributed by atoms with Crippen molar-refractivity contribution < 1.29 is 47.6 Å². The molecule has 4 aliphatic carbocycles. The molecule has 10 heteroatoms. The first-order valence-electron chi connectivity index (χ1n) is 19.7. The van der Waals surface area contributed by atoms with Gasteiger partial charge in [0.1, 0.15) is 12.7 Å². The Morgan fingerprint density at radius 1 is 0.804 bits per heavy atom. The van der Waals surface area contributed by atoms with E-state index >= 15 is 0 Å². The van der Waals surface area contributed by atoms with Crippen molar-refractivity contribution in [3.63, 3.8) is 0 Å². The number of hydrogen-bond acceptors (Lipinski definition) is 10. The Morgan fingerprint density at radius 2 is 1.47 bits per heavy atom. The Morgan fingerprint density at radius 3 is 2.12 bits per heavy atom. The van der Waals surface area contributed by atoms with Crippen LogP contribution in [-0.2, 0) is 47.6 Å². The van der Waals surface area contributed by atoms with Gasteiger partial charge in [-0.25, -0.2) is 0 Å². The summed E-state index contributed by atoms with van der Waals surface area (Å²) in [5, 5.41) is 0. The van der Waals surface area contributed by atoms with Gasteiger partial charge in [0.05, 0.1) is 6.10 Å². The summed E-state index contributed by atoms with van der Waals surface area (Å²) in [6.45, 7) is 17.0. The Balaban J connectivity index is 1.32. The van der Waals surface area contributed by atoms with Gasteiger partial charge in [0.2, 0.25) is 0 Å². The lowest BCUT2D eigenvalue weighted by molar-refractivity contribution is -0.318. The van der Waals surface area contributed by atoms with E-state index in [1.165, 1.54) is 78.2 Å². The molecule has 4 fully saturated rings. The largest absolute Gasteiger partial charge is 0.463 e. The third-order valence-corrected chi connectivity index (χ3v) is 13.5. The fourth-order valence-corrected chi connectivity index (χ4v) is 11.3. The second-order valence-electron chi connectivity index (χ2n) is 17.4. The molecule has 0 aromatic rings. The van der Waals surface area contributed by atoms with Gasteiger partial charge in [0.15, 0.2) is 24.6 Å². The molecule has 10 nitrogen and oxygen atoms in total. The Hall–Kier alpha value is -2.46. The predicted octanol–water partition coefficient (Wildman–Crippen LogP) is 7.50. The molecule has 1 heterocycles. The van der Waals surface area contributed by atoms with Gasteiger partial charge in [0, 0.05) is 27.7 Å². The molecule has 2 unspecified atom stereocenters. The Bertz CT molecular complexity index is 1310. The van der Waals surface area contributed by atoms with Crippen LogP contribution in [0.15, 0.2) is 11.6 Å². The molecule has 0 spiro atoms. The normalized spacial score (nSPS) is 39.5. The third kappa shape index (κ3) is 8.69. The van der Waals surface area contributed by atoms with Crippen LogP contribution in [-0.4, -0.2) is 67.3 Å². The van der Waals surface area contributed by atoms with Gasteiger partial charge < -0.3 is 28.4 Å². The summed E-state index contributed by atoms with van der Waals surface area (Å²) < 4.78 is 35.0. The van der Waals surface area contributed by atoms with Crippen LogP contribution in [0.5, 0.6) is 0 Å². The first kappa shape index (κ1) is 39.7. The summed E-state index contributed by atoms with van der Waals surface area (Å²) in [4.78, 5) is 48.5. The van der Waals surface area contributed by atoms with Crippen molar-refractivity contribution in [3.8, 4) is 0 Å². The van der Waals surface area contributed by atoms with Gasteiger partial charge in [-0.05, 0) is 97.7 Å². The summed E-state index contributed by atoms with van der Waals surface area (Å²) in [5.74, 6) is 2.01. The van der Waals surface area contributed by atoms with Crippen LogP contribution in [0.25, 0.3) is 0 Å². The molecule has 3 saturated carbocycles. The number of hydrogen-bond donors (Lipinski definition) is 0. The maximum absolute atomic E-state index is 12.3. The first-order chi connectivity index (χ1) is 24.0. The molecule has 288 valence electrons. The second-order valence-corrected chi connectivity index (χ2v) is 17.4. The summed E-state index contributed by atoms with van der Waals surface area (Å²) >= 11 is 0. The van der Waals surface area contributed by atoms with Gasteiger partial charge in [-0.1, -0.05) is 65.5 Å². The van der Waals surface area contributed by atoms with Gasteiger partial charge in [-0.2, -0.15) is 0 Å². The standard InChI is InChI=1S/C41H64O10/c1-23(2)11-10-12-24(3)32-15-16-33-31-14-13-29-21-30(17-19-40(29,8)34(31)18-20-41(32,33)9)50-39-38(49-28(7)45)37(48-27(6)44)36(47-26(5)43)35(51-39)22-46-25(4)42/h13,23-24,30-39H,10-12,14-22H2,1-9H3/t24-,30?,31+,32-,33+,34+,35-,36-,37+,38-,39?,40+,41-/m1/s1. The van der Waals surface area contributed by atoms with E-state index in [1.807, 2.05) is 0 Å². The minimum Gasteiger partial charge on any atom is -0.463 e. The number of allylic oxidation sites excluding steroid dienone is 1. The van der Waals surface area contributed by atoms with Crippen molar-refractivity contribution in [1.29, 1.82) is 0 Å². The SMILES string of the molecule is CC(=O)OC[C@H]1OC(OC2CC[C@@]3(C)C(=CC[C@H]4[C@@H]5CC[C@H]([C@H](C)CCCC(C)C)[C@@]5(C)CC[C@@H]43)C2)[C@H](OC(C)=O)[C@@H](OC(C)=O)[C@@H]1OC(C)=O. The quantitative estimate of drug-likeness (QED) is 0.114. The summed E-state index contributed by atoms with van der Waals surface area (Å²) in [7, 11) is 0. The number of ether oxygens (including phenoxy) is 6. The van der Waals surface area contributed by atoms with E-state index in [2.05, 4.69) is 40.7 Å². The molecule has 51 heavy (non-hydrogen) atoms. The average molecular weight is 717 g/mol. The van der Waals surface area contributed by atoms with Gasteiger partial charge in [-0.3, -0.25) is 19.2 Å². The van der Waals surface area contributed by atoms with Crippen LogP contribution in [0.1, 0.15) is 133 Å². The van der Waals surface area contributed by atoms with Crippen LogP contribution >= 0.6 is 0 Å². The van der Waals surface area contributed by atoms with E-state index in [0.29, 0.717) is 17.3 Å². The number of fused-ring (bicyclic) bond motifs is 5. The van der Waals surface area contributed by atoms with Gasteiger partial charge >= 0.3 is 23.9 Å². The zero-order chi connectivity index (χ0) is 37.2. The molecule has 0 aromatic carbocycles. The summed E-state index contributed by atoms with van der Waals surface area (Å²) in [5.41, 5.74) is 1.97.